The topological polar surface area (TPSA) is 64.6 Å². The van der Waals surface area contributed by atoms with Crippen molar-refractivity contribution in [1.29, 1.82) is 0 Å². The number of hydrogen-bond acceptors (Lipinski definition) is 4. The molecular weight excluding hydrogens is 393 g/mol. The number of nitrogens with one attached hydrogen (secondary N) is 1. The van der Waals surface area contributed by atoms with Crippen LogP contribution in [-0.4, -0.2) is 24.6 Å². The first-order valence-electron chi connectivity index (χ1n) is 7.50. The van der Waals surface area contributed by atoms with Crippen LogP contribution in [0.5, 0.6) is 5.75 Å². The zero-order valence-electron chi connectivity index (χ0n) is 13.7. The van der Waals surface area contributed by atoms with Gasteiger partial charge in [-0.15, -0.1) is 0 Å². The molecule has 2 aromatic carbocycles. The van der Waals surface area contributed by atoms with Crippen molar-refractivity contribution < 1.29 is 23.5 Å². The van der Waals surface area contributed by atoms with Gasteiger partial charge >= 0.3 is 5.97 Å². The maximum absolute atomic E-state index is 12.8. The van der Waals surface area contributed by atoms with Crippen LogP contribution in [0, 0.1) is 12.7 Å². The van der Waals surface area contributed by atoms with Crippen LogP contribution < -0.4 is 10.1 Å². The van der Waals surface area contributed by atoms with Crippen molar-refractivity contribution in [3.05, 3.63) is 58.3 Å². The van der Waals surface area contributed by atoms with Crippen molar-refractivity contribution in [3.8, 4) is 5.75 Å². The third-order valence-corrected chi connectivity index (χ3v) is 4.14. The van der Waals surface area contributed by atoms with Crippen molar-refractivity contribution in [2.45, 2.75) is 20.0 Å². The molecule has 1 N–H and O–H groups in total. The summed E-state index contributed by atoms with van der Waals surface area (Å²) in [5.74, 6) is -1.21. The second-order valence-electron chi connectivity index (χ2n) is 5.33. The predicted octanol–water partition coefficient (Wildman–Crippen LogP) is 3.85. The molecule has 0 spiro atoms. The number of benzene rings is 2. The Morgan fingerprint density at radius 3 is 2.52 bits per heavy atom. The molecule has 0 bridgehead atoms. The Labute approximate surface area is 153 Å². The second kappa shape index (κ2) is 8.62. The lowest BCUT2D eigenvalue weighted by molar-refractivity contribution is -0.153. The molecule has 0 saturated heterocycles. The van der Waals surface area contributed by atoms with E-state index in [1.807, 2.05) is 13.0 Å². The summed E-state index contributed by atoms with van der Waals surface area (Å²) in [7, 11) is 0. The smallest absolute Gasteiger partial charge is 0.347 e. The number of halogens is 2. The maximum atomic E-state index is 12.8. The van der Waals surface area contributed by atoms with Crippen LogP contribution >= 0.6 is 15.9 Å². The van der Waals surface area contributed by atoms with Gasteiger partial charge in [-0.25, -0.2) is 9.18 Å². The van der Waals surface area contributed by atoms with Gasteiger partial charge in [0, 0.05) is 10.2 Å². The zero-order valence-corrected chi connectivity index (χ0v) is 15.3. The Morgan fingerprint density at radius 1 is 1.20 bits per heavy atom. The molecule has 0 aliphatic rings. The minimum absolute atomic E-state index is 0.334. The molecule has 0 aliphatic heterocycles. The van der Waals surface area contributed by atoms with Gasteiger partial charge in [-0.2, -0.15) is 0 Å². The Morgan fingerprint density at radius 2 is 1.88 bits per heavy atom. The molecule has 1 atom stereocenters. The molecule has 132 valence electrons. The Balaban J connectivity index is 1.80. The van der Waals surface area contributed by atoms with Crippen LogP contribution in [0.4, 0.5) is 10.1 Å². The van der Waals surface area contributed by atoms with Crippen LogP contribution in [-0.2, 0) is 14.3 Å². The molecular formula is C18H17BrFNO4. The van der Waals surface area contributed by atoms with Crippen LogP contribution in [0.3, 0.4) is 0 Å². The molecule has 0 saturated carbocycles. The summed E-state index contributed by atoms with van der Waals surface area (Å²) in [6.45, 7) is 2.96. The van der Waals surface area contributed by atoms with Crippen molar-refractivity contribution in [3.63, 3.8) is 0 Å². The van der Waals surface area contributed by atoms with Crippen molar-refractivity contribution in [2.24, 2.45) is 0 Å². The number of anilines is 1. The van der Waals surface area contributed by atoms with Gasteiger partial charge in [0.05, 0.1) is 0 Å². The highest BCUT2D eigenvalue weighted by Gasteiger charge is 2.18. The Kier molecular flexibility index (Phi) is 6.52. The molecule has 0 radical (unpaired) electrons. The highest BCUT2D eigenvalue weighted by Crippen LogP contribution is 2.20. The fraction of sp³-hybridized carbons (Fsp3) is 0.222. The Hall–Kier alpha value is -2.41. The molecule has 5 nitrogen and oxygen atoms in total. The zero-order chi connectivity index (χ0) is 18.4. The minimum atomic E-state index is -0.923. The van der Waals surface area contributed by atoms with Crippen LogP contribution in [0.25, 0.3) is 0 Å². The molecule has 7 heteroatoms. The summed E-state index contributed by atoms with van der Waals surface area (Å²) in [5.41, 5.74) is 1.58. The highest BCUT2D eigenvalue weighted by molar-refractivity contribution is 9.10. The average Bonchev–Trinajstić information content (AvgIpc) is 2.58. The number of carbonyl (C=O) groups is 2. The molecule has 0 heterocycles. The van der Waals surface area contributed by atoms with E-state index in [1.165, 1.54) is 31.2 Å². The molecule has 0 aromatic heterocycles. The number of amides is 1. The largest absolute Gasteiger partial charge is 0.479 e. The van der Waals surface area contributed by atoms with Crippen molar-refractivity contribution in [2.75, 3.05) is 11.9 Å². The summed E-state index contributed by atoms with van der Waals surface area (Å²) in [4.78, 5) is 23.7. The van der Waals surface area contributed by atoms with Gasteiger partial charge in [-0.05, 0) is 61.9 Å². The summed E-state index contributed by atoms with van der Waals surface area (Å²) in [6.07, 6.45) is -0.923. The van der Waals surface area contributed by atoms with Gasteiger partial charge < -0.3 is 14.8 Å². The van der Waals surface area contributed by atoms with E-state index in [1.54, 1.807) is 12.1 Å². The van der Waals surface area contributed by atoms with Crippen LogP contribution in [0.1, 0.15) is 12.5 Å². The van der Waals surface area contributed by atoms with E-state index < -0.39 is 30.4 Å². The number of hydrogen-bond donors (Lipinski definition) is 1. The third kappa shape index (κ3) is 5.86. The van der Waals surface area contributed by atoms with Gasteiger partial charge in [0.2, 0.25) is 0 Å². The summed E-state index contributed by atoms with van der Waals surface area (Å²) in [6, 6.07) is 10.6. The predicted molar refractivity (Wildman–Crippen MR) is 95.0 cm³/mol. The molecule has 0 unspecified atom stereocenters. The lowest BCUT2D eigenvalue weighted by atomic mass is 10.2. The SMILES string of the molecule is Cc1cc(NC(=O)COC(=O)[C@@H](C)Oc2ccc(F)cc2)ccc1Br. The van der Waals surface area contributed by atoms with Crippen LogP contribution in [0.2, 0.25) is 0 Å². The standard InChI is InChI=1S/C18H17BrFNO4/c1-11-9-14(5-8-16(11)19)21-17(22)10-24-18(23)12(2)25-15-6-3-13(20)4-7-15/h3-9,12H,10H2,1-2H3,(H,21,22)/t12-/m1/s1. The highest BCUT2D eigenvalue weighted by atomic mass is 79.9. The second-order valence-corrected chi connectivity index (χ2v) is 6.19. The maximum Gasteiger partial charge on any atom is 0.347 e. The first-order chi connectivity index (χ1) is 11.8. The van der Waals surface area contributed by atoms with Gasteiger partial charge in [0.25, 0.3) is 5.91 Å². The molecule has 2 aromatic rings. The van der Waals surface area contributed by atoms with Gasteiger partial charge in [0.1, 0.15) is 11.6 Å². The lowest BCUT2D eigenvalue weighted by Crippen LogP contribution is -2.29. The summed E-state index contributed by atoms with van der Waals surface area (Å²) in [5, 5.41) is 2.64. The van der Waals surface area contributed by atoms with E-state index in [0.717, 1.165) is 10.0 Å². The third-order valence-electron chi connectivity index (χ3n) is 3.25. The van der Waals surface area contributed by atoms with Crippen molar-refractivity contribution in [1.82, 2.24) is 0 Å². The minimum Gasteiger partial charge on any atom is -0.479 e. The average molecular weight is 410 g/mol. The molecule has 1 amide bonds. The molecule has 0 fully saturated rings. The van der Waals surface area contributed by atoms with E-state index in [0.29, 0.717) is 11.4 Å². The quantitative estimate of drug-likeness (QED) is 0.735. The lowest BCUT2D eigenvalue weighted by Gasteiger charge is -2.14. The van der Waals surface area contributed by atoms with E-state index in [-0.39, 0.29) is 0 Å². The van der Waals surface area contributed by atoms with Gasteiger partial charge in [0.15, 0.2) is 12.7 Å². The van der Waals surface area contributed by atoms with E-state index in [4.69, 9.17) is 9.47 Å². The number of carbonyl (C=O) groups excluding carboxylic acids is 2. The fourth-order valence-electron chi connectivity index (χ4n) is 1.94. The van der Waals surface area contributed by atoms with E-state index in [9.17, 15) is 14.0 Å². The number of ether oxygens (including phenoxy) is 2. The van der Waals surface area contributed by atoms with Crippen LogP contribution in [0.15, 0.2) is 46.9 Å². The van der Waals surface area contributed by atoms with Crippen molar-refractivity contribution >= 4 is 33.5 Å². The molecule has 0 aliphatic carbocycles. The normalized spacial score (nSPS) is 11.5. The van der Waals surface area contributed by atoms with E-state index in [2.05, 4.69) is 21.2 Å². The number of aryl methyl sites for hydroxylation is 1. The Bertz CT molecular complexity index is 764. The molecule has 2 rings (SSSR count). The van der Waals surface area contributed by atoms with Gasteiger partial charge in [-0.3, -0.25) is 4.79 Å². The van der Waals surface area contributed by atoms with Gasteiger partial charge in [-0.1, -0.05) is 15.9 Å². The van der Waals surface area contributed by atoms with E-state index >= 15 is 0 Å². The first kappa shape index (κ1) is 18.9. The number of rotatable bonds is 6. The molecule has 25 heavy (non-hydrogen) atoms. The monoisotopic (exact) mass is 409 g/mol. The fourth-order valence-corrected chi connectivity index (χ4v) is 2.19. The number of esters is 1. The summed E-state index contributed by atoms with van der Waals surface area (Å²) < 4.78 is 24.0. The summed E-state index contributed by atoms with van der Waals surface area (Å²) >= 11 is 3.38. The first-order valence-corrected chi connectivity index (χ1v) is 8.29.